The van der Waals surface area contributed by atoms with E-state index in [1.807, 2.05) is 66.2 Å². The maximum Gasteiger partial charge on any atom is 0.279 e. The zero-order chi connectivity index (χ0) is 19.7. The molecule has 7 heteroatoms. The fraction of sp³-hybridized carbons (Fsp3) is 0.190. The molecule has 1 aliphatic heterocycles. The Bertz CT molecular complexity index is 1100. The molecule has 0 aliphatic carbocycles. The van der Waals surface area contributed by atoms with E-state index in [4.69, 9.17) is 0 Å². The van der Waals surface area contributed by atoms with Crippen LogP contribution in [0.4, 0.5) is 5.82 Å². The Morgan fingerprint density at radius 3 is 2.71 bits per heavy atom. The van der Waals surface area contributed by atoms with Crippen LogP contribution in [0.3, 0.4) is 0 Å². The van der Waals surface area contributed by atoms with Gasteiger partial charge < -0.3 is 9.88 Å². The predicted molar refractivity (Wildman–Crippen MR) is 115 cm³/mol. The summed E-state index contributed by atoms with van der Waals surface area (Å²) in [6.45, 7) is 0. The minimum Gasteiger partial charge on any atom is -0.312 e. The molecule has 0 fully saturated rings. The molecule has 3 aromatic rings. The molecule has 2 heterocycles. The summed E-state index contributed by atoms with van der Waals surface area (Å²) >= 11 is 4.95. The zero-order valence-corrected chi connectivity index (χ0v) is 17.6. The topological polar surface area (TPSA) is 64.0 Å². The highest BCUT2D eigenvalue weighted by Gasteiger charge is 2.32. The van der Waals surface area contributed by atoms with Crippen molar-refractivity contribution in [2.75, 3.05) is 5.32 Å². The van der Waals surface area contributed by atoms with Crippen LogP contribution in [0.2, 0.25) is 0 Å². The molecule has 0 spiro atoms. The number of amides is 1. The Balaban J connectivity index is 1.74. The number of thioether (sulfide) groups is 1. The lowest BCUT2D eigenvalue weighted by molar-refractivity contribution is -0.116. The average molecular weight is 456 g/mol. The van der Waals surface area contributed by atoms with Gasteiger partial charge in [0, 0.05) is 29.6 Å². The number of hydrogen-bond donors (Lipinski definition) is 1. The van der Waals surface area contributed by atoms with E-state index >= 15 is 0 Å². The largest absolute Gasteiger partial charge is 0.312 e. The summed E-state index contributed by atoms with van der Waals surface area (Å²) in [4.78, 5) is 29.6. The van der Waals surface area contributed by atoms with Crippen LogP contribution in [-0.2, 0) is 17.6 Å². The van der Waals surface area contributed by atoms with Gasteiger partial charge in [-0.05, 0) is 23.3 Å². The molecule has 2 aromatic carbocycles. The maximum absolute atomic E-state index is 12.9. The van der Waals surface area contributed by atoms with Gasteiger partial charge in [-0.2, -0.15) is 4.98 Å². The van der Waals surface area contributed by atoms with E-state index < -0.39 is 0 Å². The zero-order valence-electron chi connectivity index (χ0n) is 15.2. The number of carbonyl (C=O) groups is 1. The molecule has 1 amide bonds. The van der Waals surface area contributed by atoms with Crippen molar-refractivity contribution in [3.8, 4) is 0 Å². The van der Waals surface area contributed by atoms with Crippen LogP contribution in [0, 0.1) is 0 Å². The molecule has 28 heavy (non-hydrogen) atoms. The van der Waals surface area contributed by atoms with Crippen LogP contribution in [-0.4, -0.2) is 15.5 Å². The summed E-state index contributed by atoms with van der Waals surface area (Å²) in [5.41, 5.74) is 2.34. The summed E-state index contributed by atoms with van der Waals surface area (Å²) in [6.07, 6.45) is 0.233. The Kier molecular flexibility index (Phi) is 5.37. The van der Waals surface area contributed by atoms with E-state index in [0.29, 0.717) is 22.3 Å². The number of benzene rings is 2. The number of anilines is 1. The first kappa shape index (κ1) is 19.0. The molecule has 0 saturated carbocycles. The number of halogens is 1. The van der Waals surface area contributed by atoms with Crippen molar-refractivity contribution in [2.45, 2.75) is 23.2 Å². The minimum atomic E-state index is -0.305. The van der Waals surface area contributed by atoms with E-state index in [-0.39, 0.29) is 23.8 Å². The Labute approximate surface area is 175 Å². The molecule has 5 nitrogen and oxygen atoms in total. The number of fused-ring (bicyclic) bond motifs is 1. The molecule has 1 unspecified atom stereocenters. The third-order valence-electron chi connectivity index (χ3n) is 4.76. The lowest BCUT2D eigenvalue weighted by atomic mass is 9.87. The molecule has 0 bridgehead atoms. The monoisotopic (exact) mass is 455 g/mol. The molecule has 1 aromatic heterocycles. The lowest BCUT2D eigenvalue weighted by Crippen LogP contribution is -2.33. The molecule has 1 atom stereocenters. The molecular weight excluding hydrogens is 438 g/mol. The smallest absolute Gasteiger partial charge is 0.279 e. The Morgan fingerprint density at radius 1 is 1.18 bits per heavy atom. The highest BCUT2D eigenvalue weighted by molar-refractivity contribution is 9.10. The van der Waals surface area contributed by atoms with Crippen LogP contribution >= 0.6 is 27.7 Å². The summed E-state index contributed by atoms with van der Waals surface area (Å²) in [7, 11) is 1.84. The molecule has 1 aliphatic rings. The quantitative estimate of drug-likeness (QED) is 0.470. The second-order valence-electron chi connectivity index (χ2n) is 6.65. The fourth-order valence-electron chi connectivity index (χ4n) is 3.39. The van der Waals surface area contributed by atoms with Gasteiger partial charge in [0.25, 0.3) is 5.56 Å². The van der Waals surface area contributed by atoms with Gasteiger partial charge in [0.2, 0.25) is 5.91 Å². The molecule has 142 valence electrons. The van der Waals surface area contributed by atoms with Crippen molar-refractivity contribution in [2.24, 2.45) is 7.05 Å². The van der Waals surface area contributed by atoms with Gasteiger partial charge in [-0.25, -0.2) is 0 Å². The normalized spacial score (nSPS) is 15.8. The van der Waals surface area contributed by atoms with Crippen molar-refractivity contribution in [1.29, 1.82) is 0 Å². The third-order valence-corrected chi connectivity index (χ3v) is 6.36. The summed E-state index contributed by atoms with van der Waals surface area (Å²) < 4.78 is 2.73. The van der Waals surface area contributed by atoms with Gasteiger partial charge in [0.05, 0.1) is 5.56 Å². The Hall–Kier alpha value is -2.38. The van der Waals surface area contributed by atoms with Gasteiger partial charge >= 0.3 is 0 Å². The number of aromatic nitrogens is 2. The van der Waals surface area contributed by atoms with Gasteiger partial charge in [0.15, 0.2) is 5.16 Å². The van der Waals surface area contributed by atoms with E-state index in [1.54, 1.807) is 0 Å². The van der Waals surface area contributed by atoms with Crippen molar-refractivity contribution in [1.82, 2.24) is 9.55 Å². The highest BCUT2D eigenvalue weighted by atomic mass is 79.9. The number of carbonyl (C=O) groups excluding carboxylic acids is 1. The summed E-state index contributed by atoms with van der Waals surface area (Å²) in [5, 5.41) is 3.47. The van der Waals surface area contributed by atoms with Crippen LogP contribution in [0.25, 0.3) is 0 Å². The molecule has 4 rings (SSSR count). The molecule has 0 radical (unpaired) electrons. The molecule has 1 N–H and O–H groups in total. The first-order chi connectivity index (χ1) is 13.5. The van der Waals surface area contributed by atoms with Crippen LogP contribution < -0.4 is 10.9 Å². The third kappa shape index (κ3) is 3.77. The van der Waals surface area contributed by atoms with Crippen molar-refractivity contribution in [3.63, 3.8) is 0 Å². The number of hydrogen-bond acceptors (Lipinski definition) is 4. The van der Waals surface area contributed by atoms with E-state index in [0.717, 1.165) is 15.6 Å². The molecule has 0 saturated heterocycles. The van der Waals surface area contributed by atoms with Gasteiger partial charge in [-0.15, -0.1) is 0 Å². The van der Waals surface area contributed by atoms with Crippen LogP contribution in [0.5, 0.6) is 0 Å². The van der Waals surface area contributed by atoms with E-state index in [9.17, 15) is 9.59 Å². The minimum absolute atomic E-state index is 0.0994. The van der Waals surface area contributed by atoms with E-state index in [2.05, 4.69) is 26.2 Å². The summed E-state index contributed by atoms with van der Waals surface area (Å²) in [6, 6.07) is 17.7. The SMILES string of the molecule is Cn1c(SCc2ccccc2)nc(=O)c2c1NC(=O)CC2c1cccc(Br)c1. The number of nitrogens with zero attached hydrogens (tertiary/aromatic N) is 2. The van der Waals surface area contributed by atoms with Crippen LogP contribution in [0.1, 0.15) is 29.0 Å². The Morgan fingerprint density at radius 2 is 1.96 bits per heavy atom. The van der Waals surface area contributed by atoms with E-state index in [1.165, 1.54) is 11.8 Å². The van der Waals surface area contributed by atoms with Crippen molar-refractivity contribution >= 4 is 39.4 Å². The first-order valence-electron chi connectivity index (χ1n) is 8.86. The number of rotatable bonds is 4. The van der Waals surface area contributed by atoms with Crippen molar-refractivity contribution in [3.05, 3.63) is 86.1 Å². The predicted octanol–water partition coefficient (Wildman–Crippen LogP) is 4.31. The van der Waals surface area contributed by atoms with Crippen molar-refractivity contribution < 1.29 is 4.79 Å². The standard InChI is InChI=1S/C21H18BrN3O2S/c1-25-19-18(16(11-17(26)23-19)14-8-5-9-15(22)10-14)20(27)24-21(25)28-12-13-6-3-2-4-7-13/h2-10,16H,11-12H2,1H3,(H,23,26). The van der Waals surface area contributed by atoms with Crippen LogP contribution in [0.15, 0.2) is 69.0 Å². The fourth-order valence-corrected chi connectivity index (χ4v) is 4.73. The lowest BCUT2D eigenvalue weighted by Gasteiger charge is -2.27. The highest BCUT2D eigenvalue weighted by Crippen LogP contribution is 2.36. The van der Waals surface area contributed by atoms with Gasteiger partial charge in [0.1, 0.15) is 5.82 Å². The maximum atomic E-state index is 12.9. The van der Waals surface area contributed by atoms with Gasteiger partial charge in [-0.1, -0.05) is 70.2 Å². The second kappa shape index (κ2) is 7.93. The first-order valence-corrected chi connectivity index (χ1v) is 10.6. The average Bonchev–Trinajstić information content (AvgIpc) is 2.69. The molecular formula is C21H18BrN3O2S. The second-order valence-corrected chi connectivity index (χ2v) is 8.51. The number of nitrogens with one attached hydrogen (secondary N) is 1. The summed E-state index contributed by atoms with van der Waals surface area (Å²) in [5.74, 6) is 0.832. The van der Waals surface area contributed by atoms with Gasteiger partial charge in [-0.3, -0.25) is 9.59 Å².